The average Bonchev–Trinajstić information content (AvgIpc) is 3.16. The van der Waals surface area contributed by atoms with Crippen LogP contribution in [0.3, 0.4) is 0 Å². The fourth-order valence-corrected chi connectivity index (χ4v) is 3.57. The first-order valence-corrected chi connectivity index (χ1v) is 9.53. The van der Waals surface area contributed by atoms with Gasteiger partial charge in [0.1, 0.15) is 0 Å². The summed E-state index contributed by atoms with van der Waals surface area (Å²) in [5.74, 6) is 0. The highest BCUT2D eigenvalue weighted by Crippen LogP contribution is 2.17. The minimum atomic E-state index is -0.0335. The van der Waals surface area contributed by atoms with Gasteiger partial charge in [-0.25, -0.2) is 4.79 Å². The molecule has 1 aliphatic rings. The molecule has 0 spiro atoms. The third-order valence-corrected chi connectivity index (χ3v) is 5.24. The van der Waals surface area contributed by atoms with Crippen LogP contribution in [0.5, 0.6) is 0 Å². The van der Waals surface area contributed by atoms with E-state index >= 15 is 0 Å². The molecule has 0 radical (unpaired) electrons. The van der Waals surface area contributed by atoms with Crippen LogP contribution in [0.1, 0.15) is 10.4 Å². The first-order chi connectivity index (χ1) is 12.2. The van der Waals surface area contributed by atoms with E-state index in [0.29, 0.717) is 13.1 Å². The molecule has 2 amide bonds. The van der Waals surface area contributed by atoms with E-state index in [9.17, 15) is 4.79 Å². The predicted molar refractivity (Wildman–Crippen MR) is 102 cm³/mol. The number of nitrogens with zero attached hydrogens (tertiary/aromatic N) is 2. The molecule has 2 heterocycles. The number of rotatable bonds is 6. The zero-order valence-corrected chi connectivity index (χ0v) is 15.4. The lowest BCUT2D eigenvalue weighted by Gasteiger charge is -2.29. The number of carbonyl (C=O) groups excluding carboxylic acids is 1. The molecule has 0 bridgehead atoms. The van der Waals surface area contributed by atoms with Crippen LogP contribution >= 0.6 is 11.3 Å². The lowest BCUT2D eigenvalue weighted by Crippen LogP contribution is -2.37. The Bertz CT molecular complexity index is 652. The summed E-state index contributed by atoms with van der Waals surface area (Å²) in [6.45, 7) is 4.72. The minimum Gasteiger partial charge on any atom is -0.378 e. The number of nitrogens with one attached hydrogen (secondary N) is 1. The molecular weight excluding hydrogens is 334 g/mol. The second-order valence-corrected chi connectivity index (χ2v) is 7.22. The van der Waals surface area contributed by atoms with Crippen LogP contribution in [0.15, 0.2) is 41.8 Å². The van der Waals surface area contributed by atoms with E-state index in [1.54, 1.807) is 16.2 Å². The smallest absolute Gasteiger partial charge is 0.317 e. The van der Waals surface area contributed by atoms with Gasteiger partial charge in [0.25, 0.3) is 0 Å². The fraction of sp³-hybridized carbons (Fsp3) is 0.421. The van der Waals surface area contributed by atoms with Crippen molar-refractivity contribution >= 4 is 23.1 Å². The maximum atomic E-state index is 12.2. The number of carbonyl (C=O) groups is 1. The Kier molecular flexibility index (Phi) is 6.30. The van der Waals surface area contributed by atoms with Gasteiger partial charge in [-0.15, -0.1) is 11.3 Å². The van der Waals surface area contributed by atoms with Gasteiger partial charge >= 0.3 is 6.03 Å². The maximum absolute atomic E-state index is 12.2. The Balaban J connectivity index is 1.44. The predicted octanol–water partition coefficient (Wildman–Crippen LogP) is 2.97. The van der Waals surface area contributed by atoms with Gasteiger partial charge < -0.3 is 19.9 Å². The van der Waals surface area contributed by atoms with Crippen molar-refractivity contribution < 1.29 is 9.53 Å². The number of hydrogen-bond acceptors (Lipinski definition) is 4. The molecule has 2 aromatic rings. The number of urea groups is 1. The van der Waals surface area contributed by atoms with Crippen molar-refractivity contribution in [1.29, 1.82) is 0 Å². The zero-order chi connectivity index (χ0) is 17.5. The van der Waals surface area contributed by atoms with Gasteiger partial charge in [-0.2, -0.15) is 0 Å². The highest BCUT2D eigenvalue weighted by atomic mass is 32.1. The summed E-state index contributed by atoms with van der Waals surface area (Å²) in [4.78, 5) is 17.5. The average molecular weight is 359 g/mol. The molecule has 25 heavy (non-hydrogen) atoms. The Morgan fingerprint density at radius 1 is 1.24 bits per heavy atom. The summed E-state index contributed by atoms with van der Waals surface area (Å²) in [5, 5.41) is 5.03. The normalized spacial score (nSPS) is 14.4. The fourth-order valence-electron chi connectivity index (χ4n) is 2.86. The first kappa shape index (κ1) is 17.8. The number of anilines is 1. The number of benzene rings is 1. The molecule has 1 aromatic heterocycles. The SMILES string of the molecule is CN(Cc1ccc(N2CCOCC2)cc1)C(=O)NCCc1cccs1. The molecule has 5 nitrogen and oxygen atoms in total. The number of morpholine rings is 1. The Morgan fingerprint density at radius 3 is 2.68 bits per heavy atom. The molecule has 1 fully saturated rings. The standard InChI is InChI=1S/C19H25N3O2S/c1-21(19(23)20-9-8-18-3-2-14-25-18)15-16-4-6-17(7-5-16)22-10-12-24-13-11-22/h2-7,14H,8-13,15H2,1H3,(H,20,23). The van der Waals surface area contributed by atoms with Crippen molar-refractivity contribution in [1.82, 2.24) is 10.2 Å². The van der Waals surface area contributed by atoms with E-state index in [1.807, 2.05) is 13.1 Å². The van der Waals surface area contributed by atoms with Gasteiger partial charge in [0.05, 0.1) is 13.2 Å². The van der Waals surface area contributed by atoms with E-state index in [-0.39, 0.29) is 6.03 Å². The molecule has 1 aromatic carbocycles. The van der Waals surface area contributed by atoms with Gasteiger partial charge in [-0.3, -0.25) is 0 Å². The Morgan fingerprint density at radius 2 is 2.00 bits per heavy atom. The maximum Gasteiger partial charge on any atom is 0.317 e. The van der Waals surface area contributed by atoms with Crippen molar-refractivity contribution in [3.8, 4) is 0 Å². The van der Waals surface area contributed by atoms with E-state index in [1.165, 1.54) is 10.6 Å². The third kappa shape index (κ3) is 5.21. The summed E-state index contributed by atoms with van der Waals surface area (Å²) in [6, 6.07) is 12.5. The number of thiophene rings is 1. The van der Waals surface area contributed by atoms with E-state index in [0.717, 1.165) is 38.3 Å². The van der Waals surface area contributed by atoms with Crippen LogP contribution < -0.4 is 10.2 Å². The topological polar surface area (TPSA) is 44.8 Å². The Hall–Kier alpha value is -2.05. The van der Waals surface area contributed by atoms with E-state index in [2.05, 4.69) is 45.9 Å². The van der Waals surface area contributed by atoms with Gasteiger partial charge in [0.2, 0.25) is 0 Å². The highest BCUT2D eigenvalue weighted by Gasteiger charge is 2.12. The second kappa shape index (κ2) is 8.87. The van der Waals surface area contributed by atoms with Crippen molar-refractivity contribution in [2.75, 3.05) is 44.8 Å². The summed E-state index contributed by atoms with van der Waals surface area (Å²) < 4.78 is 5.39. The molecule has 0 saturated carbocycles. The van der Waals surface area contributed by atoms with Crippen LogP contribution in [0, 0.1) is 0 Å². The molecular formula is C19H25N3O2S. The minimum absolute atomic E-state index is 0.0335. The lowest BCUT2D eigenvalue weighted by molar-refractivity contribution is 0.122. The monoisotopic (exact) mass is 359 g/mol. The van der Waals surface area contributed by atoms with Crippen molar-refractivity contribution in [2.24, 2.45) is 0 Å². The van der Waals surface area contributed by atoms with Gasteiger partial charge in [-0.1, -0.05) is 18.2 Å². The molecule has 0 aliphatic carbocycles. The van der Waals surface area contributed by atoms with Crippen LogP contribution in [-0.2, 0) is 17.7 Å². The lowest BCUT2D eigenvalue weighted by atomic mass is 10.2. The number of ether oxygens (including phenoxy) is 1. The summed E-state index contributed by atoms with van der Waals surface area (Å²) in [7, 11) is 1.83. The molecule has 3 rings (SSSR count). The third-order valence-electron chi connectivity index (χ3n) is 4.31. The van der Waals surface area contributed by atoms with Crippen LogP contribution in [0.25, 0.3) is 0 Å². The molecule has 6 heteroatoms. The molecule has 134 valence electrons. The highest BCUT2D eigenvalue weighted by molar-refractivity contribution is 7.09. The summed E-state index contributed by atoms with van der Waals surface area (Å²) >= 11 is 1.72. The first-order valence-electron chi connectivity index (χ1n) is 8.65. The number of amides is 2. The van der Waals surface area contributed by atoms with Crippen LogP contribution in [0.2, 0.25) is 0 Å². The second-order valence-electron chi connectivity index (χ2n) is 6.18. The van der Waals surface area contributed by atoms with Gasteiger partial charge in [0.15, 0.2) is 0 Å². The quantitative estimate of drug-likeness (QED) is 0.862. The summed E-state index contributed by atoms with van der Waals surface area (Å²) in [6.07, 6.45) is 0.880. The van der Waals surface area contributed by atoms with Crippen molar-refractivity contribution in [3.05, 3.63) is 52.2 Å². The van der Waals surface area contributed by atoms with E-state index in [4.69, 9.17) is 4.74 Å². The molecule has 1 N–H and O–H groups in total. The Labute approximate surface area is 153 Å². The van der Waals surface area contributed by atoms with E-state index < -0.39 is 0 Å². The van der Waals surface area contributed by atoms with Crippen LogP contribution in [0.4, 0.5) is 10.5 Å². The summed E-state index contributed by atoms with van der Waals surface area (Å²) in [5.41, 5.74) is 2.35. The number of hydrogen-bond donors (Lipinski definition) is 1. The zero-order valence-electron chi connectivity index (χ0n) is 14.6. The molecule has 1 saturated heterocycles. The van der Waals surface area contributed by atoms with Gasteiger partial charge in [0, 0.05) is 43.8 Å². The molecule has 0 unspecified atom stereocenters. The van der Waals surface area contributed by atoms with Crippen molar-refractivity contribution in [3.63, 3.8) is 0 Å². The molecule has 0 atom stereocenters. The van der Waals surface area contributed by atoms with Crippen molar-refractivity contribution in [2.45, 2.75) is 13.0 Å². The van der Waals surface area contributed by atoms with Gasteiger partial charge in [-0.05, 0) is 35.6 Å². The largest absolute Gasteiger partial charge is 0.378 e. The molecule has 1 aliphatic heterocycles. The van der Waals surface area contributed by atoms with Crippen LogP contribution in [-0.4, -0.2) is 50.8 Å².